The molecule has 1 N–H and O–H groups in total. The van der Waals surface area contributed by atoms with Crippen molar-refractivity contribution in [1.82, 2.24) is 14.8 Å². The van der Waals surface area contributed by atoms with Gasteiger partial charge in [-0.2, -0.15) is 0 Å². The van der Waals surface area contributed by atoms with Crippen LogP contribution < -0.4 is 5.32 Å². The Balaban J connectivity index is 1.76. The van der Waals surface area contributed by atoms with Crippen LogP contribution in [0.1, 0.15) is 11.1 Å². The number of carbonyl (C=O) groups excluding carboxylic acids is 1. The highest BCUT2D eigenvalue weighted by Crippen LogP contribution is 2.30. The standard InChI is InChI=1S/C21H20Cl2N4OS/c1-4-9-27-20(15-7-8-16(22)17(23)11-15)25-26-21(27)29-12-19(28)24-18-10-13(2)5-6-14(18)3/h4-8,10-11H,1,9,12H2,2-3H3,(H,24,28). The Morgan fingerprint density at radius 2 is 1.97 bits per heavy atom. The van der Waals surface area contributed by atoms with Crippen molar-refractivity contribution in [2.45, 2.75) is 25.5 Å². The number of allylic oxidation sites excluding steroid dienone is 1. The minimum Gasteiger partial charge on any atom is -0.325 e. The average Bonchev–Trinajstić information content (AvgIpc) is 3.08. The molecule has 0 saturated heterocycles. The number of nitrogens with one attached hydrogen (secondary N) is 1. The van der Waals surface area contributed by atoms with E-state index in [0.29, 0.717) is 27.6 Å². The van der Waals surface area contributed by atoms with Gasteiger partial charge in [0, 0.05) is 17.8 Å². The summed E-state index contributed by atoms with van der Waals surface area (Å²) in [6.07, 6.45) is 1.75. The van der Waals surface area contributed by atoms with E-state index in [1.807, 2.05) is 42.7 Å². The van der Waals surface area contributed by atoms with Gasteiger partial charge in [0.1, 0.15) is 0 Å². The van der Waals surface area contributed by atoms with Gasteiger partial charge in [0.2, 0.25) is 5.91 Å². The number of aryl methyl sites for hydroxylation is 2. The number of thioether (sulfide) groups is 1. The van der Waals surface area contributed by atoms with Crippen LogP contribution in [0.2, 0.25) is 10.0 Å². The second-order valence-corrected chi connectivity index (χ2v) is 8.25. The topological polar surface area (TPSA) is 59.8 Å². The van der Waals surface area contributed by atoms with Crippen LogP contribution in [0.3, 0.4) is 0 Å². The first kappa shape index (κ1) is 21.4. The maximum atomic E-state index is 12.4. The van der Waals surface area contributed by atoms with Crippen molar-refractivity contribution in [2.24, 2.45) is 0 Å². The smallest absolute Gasteiger partial charge is 0.234 e. The van der Waals surface area contributed by atoms with E-state index in [2.05, 4.69) is 22.1 Å². The summed E-state index contributed by atoms with van der Waals surface area (Å²) in [5.41, 5.74) is 3.72. The van der Waals surface area contributed by atoms with Crippen LogP contribution in [-0.4, -0.2) is 26.4 Å². The average molecular weight is 447 g/mol. The molecule has 0 aliphatic carbocycles. The largest absolute Gasteiger partial charge is 0.325 e. The third-order valence-electron chi connectivity index (χ3n) is 4.21. The number of halogens is 2. The molecule has 0 spiro atoms. The molecule has 3 rings (SSSR count). The minimum absolute atomic E-state index is 0.104. The number of aromatic nitrogens is 3. The molecule has 1 aromatic heterocycles. The molecule has 150 valence electrons. The normalized spacial score (nSPS) is 10.8. The Morgan fingerprint density at radius 3 is 2.69 bits per heavy atom. The number of nitrogens with zero attached hydrogens (tertiary/aromatic N) is 3. The molecule has 0 unspecified atom stereocenters. The third-order valence-corrected chi connectivity index (χ3v) is 5.91. The molecule has 2 aromatic carbocycles. The molecule has 0 saturated carbocycles. The minimum atomic E-state index is -0.104. The van der Waals surface area contributed by atoms with Crippen molar-refractivity contribution in [2.75, 3.05) is 11.1 Å². The summed E-state index contributed by atoms with van der Waals surface area (Å²) in [5, 5.41) is 13.0. The van der Waals surface area contributed by atoms with Gasteiger partial charge in [-0.1, -0.05) is 53.2 Å². The summed E-state index contributed by atoms with van der Waals surface area (Å²) >= 11 is 13.5. The number of benzene rings is 2. The van der Waals surface area contributed by atoms with Gasteiger partial charge < -0.3 is 5.32 Å². The van der Waals surface area contributed by atoms with Gasteiger partial charge in [-0.3, -0.25) is 9.36 Å². The van der Waals surface area contributed by atoms with Gasteiger partial charge in [-0.15, -0.1) is 16.8 Å². The number of amides is 1. The molecule has 0 fully saturated rings. The molecule has 0 radical (unpaired) electrons. The van der Waals surface area contributed by atoms with E-state index in [0.717, 1.165) is 22.4 Å². The molecular formula is C21H20Cl2N4OS. The van der Waals surface area contributed by atoms with E-state index in [1.165, 1.54) is 11.8 Å². The van der Waals surface area contributed by atoms with E-state index >= 15 is 0 Å². The fourth-order valence-corrected chi connectivity index (χ4v) is 3.77. The second-order valence-electron chi connectivity index (χ2n) is 6.49. The molecule has 0 bridgehead atoms. The molecule has 1 amide bonds. The SMILES string of the molecule is C=CCn1c(SCC(=O)Nc2cc(C)ccc2C)nnc1-c1ccc(Cl)c(Cl)c1. The second kappa shape index (κ2) is 9.48. The van der Waals surface area contributed by atoms with Gasteiger partial charge in [0.25, 0.3) is 0 Å². The summed E-state index contributed by atoms with van der Waals surface area (Å²) in [6.45, 7) is 8.26. The first-order valence-corrected chi connectivity index (χ1v) is 10.6. The maximum Gasteiger partial charge on any atom is 0.234 e. The Bertz CT molecular complexity index is 1060. The number of anilines is 1. The predicted octanol–water partition coefficient (Wildman–Crippen LogP) is 5.79. The summed E-state index contributed by atoms with van der Waals surface area (Å²) in [5.74, 6) is 0.748. The summed E-state index contributed by atoms with van der Waals surface area (Å²) in [4.78, 5) is 12.4. The first-order valence-electron chi connectivity index (χ1n) is 8.88. The molecule has 1 heterocycles. The number of hydrogen-bond acceptors (Lipinski definition) is 4. The quantitative estimate of drug-likeness (QED) is 0.368. The molecular weight excluding hydrogens is 427 g/mol. The number of hydrogen-bond donors (Lipinski definition) is 1. The summed E-state index contributed by atoms with van der Waals surface area (Å²) < 4.78 is 1.89. The van der Waals surface area contributed by atoms with Crippen LogP contribution in [-0.2, 0) is 11.3 Å². The first-order chi connectivity index (χ1) is 13.9. The number of rotatable bonds is 7. The van der Waals surface area contributed by atoms with Crippen LogP contribution in [0.5, 0.6) is 0 Å². The zero-order valence-corrected chi connectivity index (χ0v) is 18.4. The van der Waals surface area contributed by atoms with Gasteiger partial charge in [-0.25, -0.2) is 0 Å². The number of carbonyl (C=O) groups is 1. The third kappa shape index (κ3) is 5.21. The van der Waals surface area contributed by atoms with Crippen molar-refractivity contribution < 1.29 is 4.79 Å². The van der Waals surface area contributed by atoms with E-state index in [4.69, 9.17) is 23.2 Å². The maximum absolute atomic E-state index is 12.4. The highest BCUT2D eigenvalue weighted by atomic mass is 35.5. The zero-order valence-electron chi connectivity index (χ0n) is 16.1. The Morgan fingerprint density at radius 1 is 1.17 bits per heavy atom. The zero-order chi connectivity index (χ0) is 21.0. The van der Waals surface area contributed by atoms with Crippen molar-refractivity contribution in [3.05, 3.63) is 70.2 Å². The van der Waals surface area contributed by atoms with Crippen LogP contribution in [0.4, 0.5) is 5.69 Å². The Labute approximate surface area is 184 Å². The van der Waals surface area contributed by atoms with Crippen LogP contribution >= 0.6 is 35.0 Å². The van der Waals surface area contributed by atoms with E-state index in [1.54, 1.807) is 18.2 Å². The fraction of sp³-hybridized carbons (Fsp3) is 0.190. The van der Waals surface area contributed by atoms with Crippen molar-refractivity contribution in [3.8, 4) is 11.4 Å². The molecule has 3 aromatic rings. The van der Waals surface area contributed by atoms with Gasteiger partial charge >= 0.3 is 0 Å². The Kier molecular flexibility index (Phi) is 7.00. The van der Waals surface area contributed by atoms with Crippen LogP contribution in [0.15, 0.2) is 54.2 Å². The van der Waals surface area contributed by atoms with Crippen LogP contribution in [0, 0.1) is 13.8 Å². The Hall–Kier alpha value is -2.28. The van der Waals surface area contributed by atoms with E-state index in [-0.39, 0.29) is 11.7 Å². The van der Waals surface area contributed by atoms with E-state index in [9.17, 15) is 4.79 Å². The highest BCUT2D eigenvalue weighted by Gasteiger charge is 2.16. The van der Waals surface area contributed by atoms with Crippen molar-refractivity contribution in [1.29, 1.82) is 0 Å². The predicted molar refractivity (Wildman–Crippen MR) is 121 cm³/mol. The van der Waals surface area contributed by atoms with Crippen molar-refractivity contribution in [3.63, 3.8) is 0 Å². The molecule has 5 nitrogen and oxygen atoms in total. The lowest BCUT2D eigenvalue weighted by molar-refractivity contribution is -0.113. The van der Waals surface area contributed by atoms with Crippen LogP contribution in [0.25, 0.3) is 11.4 Å². The molecule has 29 heavy (non-hydrogen) atoms. The molecule has 0 aliphatic heterocycles. The van der Waals surface area contributed by atoms with Crippen molar-refractivity contribution >= 4 is 46.6 Å². The monoisotopic (exact) mass is 446 g/mol. The summed E-state index contributed by atoms with van der Waals surface area (Å²) in [6, 6.07) is 11.3. The molecule has 8 heteroatoms. The van der Waals surface area contributed by atoms with E-state index < -0.39 is 0 Å². The lowest BCUT2D eigenvalue weighted by Crippen LogP contribution is -2.15. The molecule has 0 atom stereocenters. The van der Waals surface area contributed by atoms with Gasteiger partial charge in [0.15, 0.2) is 11.0 Å². The fourth-order valence-electron chi connectivity index (χ4n) is 2.72. The van der Waals surface area contributed by atoms with Gasteiger partial charge in [0.05, 0.1) is 15.8 Å². The van der Waals surface area contributed by atoms with Gasteiger partial charge in [-0.05, 0) is 49.2 Å². The molecule has 0 aliphatic rings. The lowest BCUT2D eigenvalue weighted by Gasteiger charge is -2.10. The summed E-state index contributed by atoms with van der Waals surface area (Å²) in [7, 11) is 0. The lowest BCUT2D eigenvalue weighted by atomic mass is 10.1. The highest BCUT2D eigenvalue weighted by molar-refractivity contribution is 7.99.